The van der Waals surface area contributed by atoms with Crippen molar-refractivity contribution in [3.05, 3.63) is 53.8 Å². The number of carbonyl (C=O) groups is 1. The summed E-state index contributed by atoms with van der Waals surface area (Å²) in [5.74, 6) is 1.01. The highest BCUT2D eigenvalue weighted by Gasteiger charge is 2.22. The number of aryl methyl sites for hydroxylation is 1. The molecule has 5 heteroatoms. The Morgan fingerprint density at radius 2 is 2.04 bits per heavy atom. The van der Waals surface area contributed by atoms with Gasteiger partial charge in [0.2, 0.25) is 5.91 Å². The van der Waals surface area contributed by atoms with Crippen molar-refractivity contribution in [3.63, 3.8) is 0 Å². The molecular weight excluding hydrogens is 325 g/mol. The van der Waals surface area contributed by atoms with Gasteiger partial charge in [0.05, 0.1) is 12.4 Å². The summed E-state index contributed by atoms with van der Waals surface area (Å²) >= 11 is 1.51. The number of anilines is 1. The van der Waals surface area contributed by atoms with Gasteiger partial charge >= 0.3 is 0 Å². The number of hydrogen-bond acceptors (Lipinski definition) is 3. The summed E-state index contributed by atoms with van der Waals surface area (Å²) in [4.78, 5) is 15.4. The van der Waals surface area contributed by atoms with E-state index in [-0.39, 0.29) is 11.7 Å². The fraction of sp³-hybridized carbons (Fsp3) is 0.316. The third-order valence-corrected chi connectivity index (χ3v) is 4.96. The van der Waals surface area contributed by atoms with E-state index in [1.807, 2.05) is 31.2 Å². The van der Waals surface area contributed by atoms with E-state index in [1.165, 1.54) is 23.9 Å². The molecule has 3 nitrogen and oxygen atoms in total. The van der Waals surface area contributed by atoms with Crippen molar-refractivity contribution in [3.8, 4) is 5.75 Å². The van der Waals surface area contributed by atoms with Gasteiger partial charge in [-0.3, -0.25) is 4.79 Å². The number of benzene rings is 2. The van der Waals surface area contributed by atoms with Crippen LogP contribution in [-0.2, 0) is 11.2 Å². The molecule has 0 saturated heterocycles. The van der Waals surface area contributed by atoms with Crippen molar-refractivity contribution in [1.29, 1.82) is 0 Å². The van der Waals surface area contributed by atoms with E-state index in [1.54, 1.807) is 11.0 Å². The first-order valence-electron chi connectivity index (χ1n) is 8.12. The number of amides is 1. The maximum atomic E-state index is 13.4. The lowest BCUT2D eigenvalue weighted by molar-refractivity contribution is -0.116. The molecule has 0 bridgehead atoms. The van der Waals surface area contributed by atoms with Crippen LogP contribution in [0.4, 0.5) is 10.1 Å². The number of rotatable bonds is 5. The van der Waals surface area contributed by atoms with Crippen LogP contribution in [0, 0.1) is 5.82 Å². The molecule has 2 aromatic rings. The topological polar surface area (TPSA) is 29.5 Å². The van der Waals surface area contributed by atoms with E-state index in [9.17, 15) is 9.18 Å². The fourth-order valence-electron chi connectivity index (χ4n) is 2.85. The van der Waals surface area contributed by atoms with Gasteiger partial charge in [-0.05, 0) is 67.8 Å². The van der Waals surface area contributed by atoms with Gasteiger partial charge < -0.3 is 9.64 Å². The molecule has 0 aliphatic carbocycles. The summed E-state index contributed by atoms with van der Waals surface area (Å²) in [7, 11) is 0. The summed E-state index contributed by atoms with van der Waals surface area (Å²) in [6.45, 7) is 3.28. The van der Waals surface area contributed by atoms with E-state index >= 15 is 0 Å². The van der Waals surface area contributed by atoms with Gasteiger partial charge in [0.1, 0.15) is 11.6 Å². The van der Waals surface area contributed by atoms with Gasteiger partial charge in [0.25, 0.3) is 0 Å². The van der Waals surface area contributed by atoms with E-state index in [4.69, 9.17) is 4.74 Å². The minimum Gasteiger partial charge on any atom is -0.494 e. The zero-order valence-corrected chi connectivity index (χ0v) is 14.4. The standard InChI is InChI=1S/C19H20FNO2S/c1-2-23-16-6-8-17(9-7-16)24-13-19(22)21-11-3-4-14-12-15(20)5-10-18(14)21/h5-10,12H,2-4,11,13H2,1H3. The van der Waals surface area contributed by atoms with Crippen molar-refractivity contribution >= 4 is 23.4 Å². The van der Waals surface area contributed by atoms with Crippen molar-refractivity contribution in [2.45, 2.75) is 24.7 Å². The summed E-state index contributed by atoms with van der Waals surface area (Å²) in [6, 6.07) is 12.4. The summed E-state index contributed by atoms with van der Waals surface area (Å²) in [5.41, 5.74) is 1.76. The number of ether oxygens (including phenoxy) is 1. The molecule has 0 radical (unpaired) electrons. The Labute approximate surface area is 145 Å². The minimum atomic E-state index is -0.244. The van der Waals surface area contributed by atoms with Gasteiger partial charge in [-0.1, -0.05) is 0 Å². The first kappa shape index (κ1) is 16.8. The predicted octanol–water partition coefficient (Wildman–Crippen LogP) is 4.30. The van der Waals surface area contributed by atoms with Crippen LogP contribution < -0.4 is 9.64 Å². The van der Waals surface area contributed by atoms with Crippen LogP contribution in [0.3, 0.4) is 0 Å². The molecule has 24 heavy (non-hydrogen) atoms. The number of thioether (sulfide) groups is 1. The van der Waals surface area contributed by atoms with Crippen LogP contribution >= 0.6 is 11.8 Å². The molecular formula is C19H20FNO2S. The Bertz CT molecular complexity index is 718. The lowest BCUT2D eigenvalue weighted by Crippen LogP contribution is -2.36. The van der Waals surface area contributed by atoms with Crippen LogP contribution in [-0.4, -0.2) is 24.8 Å². The third-order valence-electron chi connectivity index (χ3n) is 3.96. The molecule has 1 aliphatic rings. The molecule has 2 aromatic carbocycles. The van der Waals surface area contributed by atoms with E-state index in [2.05, 4.69) is 0 Å². The van der Waals surface area contributed by atoms with E-state index in [0.29, 0.717) is 18.9 Å². The van der Waals surface area contributed by atoms with Crippen molar-refractivity contribution in [2.75, 3.05) is 23.8 Å². The summed E-state index contributed by atoms with van der Waals surface area (Å²) in [5, 5.41) is 0. The van der Waals surface area contributed by atoms with Gasteiger partial charge in [-0.15, -0.1) is 11.8 Å². The second-order valence-electron chi connectivity index (χ2n) is 5.62. The highest BCUT2D eigenvalue weighted by Crippen LogP contribution is 2.29. The molecule has 0 fully saturated rings. The Morgan fingerprint density at radius 3 is 2.79 bits per heavy atom. The zero-order chi connectivity index (χ0) is 16.9. The molecule has 3 rings (SSSR count). The zero-order valence-electron chi connectivity index (χ0n) is 13.6. The normalized spacial score (nSPS) is 13.5. The average molecular weight is 345 g/mol. The first-order chi connectivity index (χ1) is 11.7. The largest absolute Gasteiger partial charge is 0.494 e. The smallest absolute Gasteiger partial charge is 0.237 e. The number of hydrogen-bond donors (Lipinski definition) is 0. The molecule has 1 amide bonds. The Morgan fingerprint density at radius 1 is 1.25 bits per heavy atom. The number of carbonyl (C=O) groups excluding carboxylic acids is 1. The quantitative estimate of drug-likeness (QED) is 0.757. The van der Waals surface area contributed by atoms with Crippen LogP contribution in [0.1, 0.15) is 18.9 Å². The molecule has 0 N–H and O–H groups in total. The van der Waals surface area contributed by atoms with E-state index < -0.39 is 0 Å². The Kier molecular flexibility index (Phi) is 5.41. The highest BCUT2D eigenvalue weighted by molar-refractivity contribution is 8.00. The van der Waals surface area contributed by atoms with Crippen molar-refractivity contribution in [1.82, 2.24) is 0 Å². The van der Waals surface area contributed by atoms with Gasteiger partial charge in [0, 0.05) is 17.1 Å². The monoisotopic (exact) mass is 345 g/mol. The lowest BCUT2D eigenvalue weighted by Gasteiger charge is -2.29. The number of halogens is 1. The van der Waals surface area contributed by atoms with Crippen LogP contribution in [0.5, 0.6) is 5.75 Å². The predicted molar refractivity (Wildman–Crippen MR) is 95.4 cm³/mol. The maximum absolute atomic E-state index is 13.4. The molecule has 0 atom stereocenters. The Balaban J connectivity index is 1.63. The summed E-state index contributed by atoms with van der Waals surface area (Å²) < 4.78 is 18.8. The molecule has 0 unspecified atom stereocenters. The van der Waals surface area contributed by atoms with Crippen LogP contribution in [0.25, 0.3) is 0 Å². The molecule has 0 saturated carbocycles. The minimum absolute atomic E-state index is 0.0569. The van der Waals surface area contributed by atoms with Crippen LogP contribution in [0.15, 0.2) is 47.4 Å². The lowest BCUT2D eigenvalue weighted by atomic mass is 10.0. The second-order valence-corrected chi connectivity index (χ2v) is 6.66. The second kappa shape index (κ2) is 7.71. The molecule has 126 valence electrons. The van der Waals surface area contributed by atoms with E-state index in [0.717, 1.165) is 34.7 Å². The van der Waals surface area contributed by atoms with Crippen LogP contribution in [0.2, 0.25) is 0 Å². The number of fused-ring (bicyclic) bond motifs is 1. The molecule has 1 aliphatic heterocycles. The van der Waals surface area contributed by atoms with Gasteiger partial charge in [-0.25, -0.2) is 4.39 Å². The Hall–Kier alpha value is -2.01. The van der Waals surface area contributed by atoms with Gasteiger partial charge in [0.15, 0.2) is 0 Å². The fourth-order valence-corrected chi connectivity index (χ4v) is 3.62. The molecule has 1 heterocycles. The first-order valence-corrected chi connectivity index (χ1v) is 9.10. The SMILES string of the molecule is CCOc1ccc(SCC(=O)N2CCCc3cc(F)ccc32)cc1. The number of nitrogens with zero attached hydrogens (tertiary/aromatic N) is 1. The molecule has 0 spiro atoms. The van der Waals surface area contributed by atoms with Crippen molar-refractivity contribution in [2.24, 2.45) is 0 Å². The highest BCUT2D eigenvalue weighted by atomic mass is 32.2. The third kappa shape index (κ3) is 3.90. The molecule has 0 aromatic heterocycles. The maximum Gasteiger partial charge on any atom is 0.237 e. The van der Waals surface area contributed by atoms with Crippen molar-refractivity contribution < 1.29 is 13.9 Å². The van der Waals surface area contributed by atoms with Gasteiger partial charge in [-0.2, -0.15) is 0 Å². The average Bonchev–Trinajstić information content (AvgIpc) is 2.60. The summed E-state index contributed by atoms with van der Waals surface area (Å²) in [6.07, 6.45) is 1.69.